The van der Waals surface area contributed by atoms with Gasteiger partial charge in [0.2, 0.25) is 11.8 Å². The molecule has 1 atom stereocenters. The van der Waals surface area contributed by atoms with Gasteiger partial charge in [0.25, 0.3) is 0 Å². The van der Waals surface area contributed by atoms with Crippen molar-refractivity contribution in [2.75, 3.05) is 34.4 Å². The summed E-state index contributed by atoms with van der Waals surface area (Å²) in [5, 5.41) is 0. The normalized spacial score (nSPS) is 18.7. The van der Waals surface area contributed by atoms with Crippen molar-refractivity contribution in [3.8, 4) is 0 Å². The molecule has 1 aromatic heterocycles. The van der Waals surface area contributed by atoms with E-state index in [1.165, 1.54) is 11.1 Å². The SMILES string of the molecule is CC1(C)CN(C(=O)[C@H]2CC(=O)N(c3cccc(N)c3)C2)c2ccc(CCc3ccc(N)nc3)cc21. The zero-order chi connectivity index (χ0) is 24.7. The smallest absolute Gasteiger partial charge is 0.232 e. The summed E-state index contributed by atoms with van der Waals surface area (Å²) in [6.45, 7) is 5.33. The summed E-state index contributed by atoms with van der Waals surface area (Å²) in [6, 6.07) is 17.5. The van der Waals surface area contributed by atoms with E-state index in [9.17, 15) is 9.59 Å². The van der Waals surface area contributed by atoms with Gasteiger partial charge < -0.3 is 21.3 Å². The van der Waals surface area contributed by atoms with Crippen LogP contribution in [-0.2, 0) is 27.8 Å². The molecule has 3 heterocycles. The number of aromatic nitrogens is 1. The van der Waals surface area contributed by atoms with Crippen LogP contribution < -0.4 is 21.3 Å². The minimum absolute atomic E-state index is 0.0114. The van der Waals surface area contributed by atoms with E-state index in [2.05, 4.69) is 37.0 Å². The molecule has 0 radical (unpaired) electrons. The second-order valence-electron chi connectivity index (χ2n) is 10.3. The van der Waals surface area contributed by atoms with E-state index in [1.54, 1.807) is 17.0 Å². The second kappa shape index (κ2) is 8.73. The van der Waals surface area contributed by atoms with Gasteiger partial charge in [-0.15, -0.1) is 0 Å². The summed E-state index contributed by atoms with van der Waals surface area (Å²) in [4.78, 5) is 34.1. The van der Waals surface area contributed by atoms with Crippen molar-refractivity contribution in [2.45, 2.75) is 38.5 Å². The van der Waals surface area contributed by atoms with Gasteiger partial charge in [-0.2, -0.15) is 0 Å². The number of nitrogens with two attached hydrogens (primary N) is 2. The molecule has 4 N–H and O–H groups in total. The number of carbonyl (C=O) groups excluding carboxylic acids is 2. The minimum atomic E-state index is -0.372. The molecule has 180 valence electrons. The molecule has 2 aromatic carbocycles. The molecule has 0 aliphatic carbocycles. The first-order chi connectivity index (χ1) is 16.7. The van der Waals surface area contributed by atoms with Crippen molar-refractivity contribution in [3.05, 3.63) is 77.5 Å². The van der Waals surface area contributed by atoms with Crippen molar-refractivity contribution in [3.63, 3.8) is 0 Å². The number of anilines is 4. The quantitative estimate of drug-likeness (QED) is 0.554. The van der Waals surface area contributed by atoms with Gasteiger partial charge in [-0.1, -0.05) is 38.1 Å². The van der Waals surface area contributed by atoms with Gasteiger partial charge in [0, 0.05) is 48.2 Å². The number of pyridine rings is 1. The summed E-state index contributed by atoms with van der Waals surface area (Å²) < 4.78 is 0. The van der Waals surface area contributed by atoms with Gasteiger partial charge in [0.15, 0.2) is 0 Å². The zero-order valence-electron chi connectivity index (χ0n) is 20.2. The fraction of sp³-hybridized carbons (Fsp3) is 0.321. The number of amides is 2. The lowest BCUT2D eigenvalue weighted by atomic mass is 9.85. The van der Waals surface area contributed by atoms with Gasteiger partial charge in [-0.3, -0.25) is 9.59 Å². The van der Waals surface area contributed by atoms with E-state index in [-0.39, 0.29) is 29.6 Å². The van der Waals surface area contributed by atoms with Crippen molar-refractivity contribution < 1.29 is 9.59 Å². The maximum Gasteiger partial charge on any atom is 0.232 e. The predicted octanol–water partition coefficient (Wildman–Crippen LogP) is 3.71. The highest BCUT2D eigenvalue weighted by Gasteiger charge is 2.43. The average Bonchev–Trinajstić information content (AvgIpc) is 3.35. The van der Waals surface area contributed by atoms with E-state index in [1.807, 2.05) is 35.4 Å². The van der Waals surface area contributed by atoms with Crippen LogP contribution in [0.2, 0.25) is 0 Å². The van der Waals surface area contributed by atoms with Gasteiger partial charge in [-0.25, -0.2) is 4.98 Å². The Morgan fingerprint density at radius 1 is 1.06 bits per heavy atom. The molecule has 1 saturated heterocycles. The maximum absolute atomic E-state index is 13.6. The molecule has 0 saturated carbocycles. The van der Waals surface area contributed by atoms with Crippen LogP contribution in [0.1, 0.15) is 37.0 Å². The molecule has 7 heteroatoms. The summed E-state index contributed by atoms with van der Waals surface area (Å²) in [6.07, 6.45) is 3.80. The molecular formula is C28H31N5O2. The van der Waals surface area contributed by atoms with Crippen molar-refractivity contribution in [1.29, 1.82) is 0 Å². The molecule has 2 aliphatic rings. The topological polar surface area (TPSA) is 106 Å². The van der Waals surface area contributed by atoms with Crippen molar-refractivity contribution >= 4 is 34.7 Å². The van der Waals surface area contributed by atoms with Crippen LogP contribution in [0, 0.1) is 5.92 Å². The van der Waals surface area contributed by atoms with Gasteiger partial charge in [0.1, 0.15) is 5.82 Å². The van der Waals surface area contributed by atoms with Crippen molar-refractivity contribution in [2.24, 2.45) is 5.92 Å². The molecule has 35 heavy (non-hydrogen) atoms. The molecule has 0 bridgehead atoms. The van der Waals surface area contributed by atoms with E-state index < -0.39 is 0 Å². The van der Waals surface area contributed by atoms with E-state index in [4.69, 9.17) is 11.5 Å². The van der Waals surface area contributed by atoms with Gasteiger partial charge in [0.05, 0.1) is 5.92 Å². The molecule has 0 unspecified atom stereocenters. The predicted molar refractivity (Wildman–Crippen MR) is 139 cm³/mol. The van der Waals surface area contributed by atoms with Crippen LogP contribution in [0.5, 0.6) is 0 Å². The highest BCUT2D eigenvalue weighted by atomic mass is 16.2. The lowest BCUT2D eigenvalue weighted by Gasteiger charge is -2.23. The average molecular weight is 470 g/mol. The summed E-state index contributed by atoms with van der Waals surface area (Å²) in [7, 11) is 0. The van der Waals surface area contributed by atoms with Gasteiger partial charge >= 0.3 is 0 Å². The number of benzene rings is 2. The lowest BCUT2D eigenvalue weighted by molar-refractivity contribution is -0.124. The van der Waals surface area contributed by atoms with Crippen LogP contribution in [0.15, 0.2) is 60.8 Å². The minimum Gasteiger partial charge on any atom is -0.399 e. The first-order valence-corrected chi connectivity index (χ1v) is 12.0. The Morgan fingerprint density at radius 2 is 1.83 bits per heavy atom. The molecule has 7 nitrogen and oxygen atoms in total. The summed E-state index contributed by atoms with van der Waals surface area (Å²) in [5.74, 6) is 0.124. The van der Waals surface area contributed by atoms with Crippen LogP contribution in [0.4, 0.5) is 22.9 Å². The highest BCUT2D eigenvalue weighted by molar-refractivity contribution is 6.05. The highest BCUT2D eigenvalue weighted by Crippen LogP contribution is 2.42. The Morgan fingerprint density at radius 3 is 2.57 bits per heavy atom. The van der Waals surface area contributed by atoms with Crippen LogP contribution in [0.25, 0.3) is 0 Å². The van der Waals surface area contributed by atoms with Crippen LogP contribution in [-0.4, -0.2) is 29.9 Å². The Labute approximate surface area is 205 Å². The first-order valence-electron chi connectivity index (χ1n) is 12.0. The zero-order valence-corrected chi connectivity index (χ0v) is 20.2. The number of hydrogen-bond donors (Lipinski definition) is 2. The Balaban J connectivity index is 1.32. The Hall–Kier alpha value is -3.87. The molecule has 3 aromatic rings. The Bertz CT molecular complexity index is 1280. The summed E-state index contributed by atoms with van der Waals surface area (Å²) >= 11 is 0. The molecule has 1 fully saturated rings. The number of aryl methyl sites for hydroxylation is 2. The third-order valence-corrected chi connectivity index (χ3v) is 7.11. The van der Waals surface area contributed by atoms with E-state index in [0.717, 1.165) is 29.8 Å². The summed E-state index contributed by atoms with van der Waals surface area (Å²) in [5.41, 5.74) is 17.3. The number of nitrogen functional groups attached to an aromatic ring is 2. The monoisotopic (exact) mass is 469 g/mol. The Kier molecular flexibility index (Phi) is 5.71. The number of rotatable bonds is 5. The molecule has 2 aliphatic heterocycles. The van der Waals surface area contributed by atoms with E-state index in [0.29, 0.717) is 24.6 Å². The third-order valence-electron chi connectivity index (χ3n) is 7.11. The molecular weight excluding hydrogens is 438 g/mol. The maximum atomic E-state index is 13.6. The molecule has 2 amide bonds. The van der Waals surface area contributed by atoms with Crippen LogP contribution >= 0.6 is 0 Å². The number of nitrogens with zero attached hydrogens (tertiary/aromatic N) is 3. The number of carbonyl (C=O) groups is 2. The largest absolute Gasteiger partial charge is 0.399 e. The first kappa shape index (κ1) is 22.9. The third kappa shape index (κ3) is 4.46. The fourth-order valence-corrected chi connectivity index (χ4v) is 5.19. The fourth-order valence-electron chi connectivity index (χ4n) is 5.19. The molecule has 5 rings (SSSR count). The molecule has 0 spiro atoms. The number of fused-ring (bicyclic) bond motifs is 1. The lowest BCUT2D eigenvalue weighted by Crippen LogP contribution is -2.39. The number of hydrogen-bond acceptors (Lipinski definition) is 5. The second-order valence-corrected chi connectivity index (χ2v) is 10.3. The van der Waals surface area contributed by atoms with Crippen LogP contribution in [0.3, 0.4) is 0 Å². The van der Waals surface area contributed by atoms with E-state index >= 15 is 0 Å². The van der Waals surface area contributed by atoms with Gasteiger partial charge in [-0.05, 0) is 59.9 Å². The van der Waals surface area contributed by atoms with Crippen molar-refractivity contribution in [1.82, 2.24) is 4.98 Å². The standard InChI is InChI=1S/C28H31N5O2/c1-28(2)17-33(27(35)20-13-26(34)32(16-20)22-5-3-4-21(29)14-22)24-10-8-18(12-23(24)28)6-7-19-9-11-25(30)31-15-19/h3-5,8-12,14-15,20H,6-7,13,16-17,29H2,1-2H3,(H2,30,31)/t20-/m0/s1.